The molecule has 0 spiro atoms. The average molecular weight is 387 g/mol. The van der Waals surface area contributed by atoms with Crippen molar-refractivity contribution < 1.29 is 9.59 Å². The number of likely N-dealkylation sites (N-methyl/N-ethyl adjacent to an activating group) is 2. The summed E-state index contributed by atoms with van der Waals surface area (Å²) in [6.07, 6.45) is 7.80. The van der Waals surface area contributed by atoms with E-state index >= 15 is 0 Å². The van der Waals surface area contributed by atoms with Gasteiger partial charge < -0.3 is 14.7 Å². The molecule has 2 amide bonds. The van der Waals surface area contributed by atoms with E-state index in [9.17, 15) is 9.59 Å². The van der Waals surface area contributed by atoms with Crippen molar-refractivity contribution in [2.24, 2.45) is 11.8 Å². The number of nitrogens with zero attached hydrogens (tertiary/aromatic N) is 4. The summed E-state index contributed by atoms with van der Waals surface area (Å²) in [7, 11) is 1.90. The zero-order valence-electron chi connectivity index (χ0n) is 17.3. The number of pyridine rings is 1. The van der Waals surface area contributed by atoms with Crippen LogP contribution in [-0.2, 0) is 16.0 Å². The zero-order valence-corrected chi connectivity index (χ0v) is 17.3. The Bertz CT molecular complexity index is 635. The zero-order chi connectivity index (χ0) is 19.9. The van der Waals surface area contributed by atoms with Crippen LogP contribution in [0, 0.1) is 11.8 Å². The molecular weight excluding hydrogens is 352 g/mol. The first-order chi connectivity index (χ1) is 13.6. The van der Waals surface area contributed by atoms with Crippen molar-refractivity contribution in [3.63, 3.8) is 0 Å². The van der Waals surface area contributed by atoms with E-state index < -0.39 is 0 Å². The van der Waals surface area contributed by atoms with E-state index in [1.807, 2.05) is 29.0 Å². The Morgan fingerprint density at radius 2 is 1.64 bits per heavy atom. The van der Waals surface area contributed by atoms with E-state index in [1.165, 1.54) is 5.56 Å². The Hall–Kier alpha value is -1.95. The van der Waals surface area contributed by atoms with E-state index in [1.54, 1.807) is 12.4 Å². The fourth-order valence-corrected chi connectivity index (χ4v) is 4.40. The first kappa shape index (κ1) is 20.8. The SMILES string of the molecule is CCN1CCN(C(=O)C2CCC(C(=O)N(C)CCc3ccncc3)CC2)CC1. The Kier molecular flexibility index (Phi) is 7.43. The monoisotopic (exact) mass is 386 g/mol. The lowest BCUT2D eigenvalue weighted by molar-refractivity contribution is -0.141. The molecule has 1 aliphatic carbocycles. The standard InChI is InChI=1S/C22H34N4O2/c1-3-25-14-16-26(17-15-25)22(28)20-6-4-19(5-7-20)21(27)24(2)13-10-18-8-11-23-12-9-18/h8-9,11-12,19-20H,3-7,10,13-17H2,1-2H3. The fraction of sp³-hybridized carbons (Fsp3) is 0.682. The van der Waals surface area contributed by atoms with Gasteiger partial charge in [0.2, 0.25) is 11.8 Å². The van der Waals surface area contributed by atoms with Gasteiger partial charge in [-0.3, -0.25) is 14.6 Å². The van der Waals surface area contributed by atoms with E-state index in [-0.39, 0.29) is 17.7 Å². The first-order valence-corrected chi connectivity index (χ1v) is 10.7. The summed E-state index contributed by atoms with van der Waals surface area (Å²) in [6, 6.07) is 3.99. The van der Waals surface area contributed by atoms with E-state index in [0.717, 1.165) is 71.4 Å². The number of hydrogen-bond donors (Lipinski definition) is 0. The second kappa shape index (κ2) is 10.0. The minimum absolute atomic E-state index is 0.0726. The molecule has 0 unspecified atom stereocenters. The molecule has 2 fully saturated rings. The van der Waals surface area contributed by atoms with Crippen LogP contribution in [0.4, 0.5) is 0 Å². The summed E-state index contributed by atoms with van der Waals surface area (Å²) >= 11 is 0. The smallest absolute Gasteiger partial charge is 0.225 e. The van der Waals surface area contributed by atoms with Crippen LogP contribution in [0.5, 0.6) is 0 Å². The van der Waals surface area contributed by atoms with Crippen LogP contribution >= 0.6 is 0 Å². The molecule has 2 aliphatic rings. The summed E-state index contributed by atoms with van der Waals surface area (Å²) in [5, 5.41) is 0. The fourth-order valence-electron chi connectivity index (χ4n) is 4.40. The number of hydrogen-bond acceptors (Lipinski definition) is 4. The maximum Gasteiger partial charge on any atom is 0.225 e. The highest BCUT2D eigenvalue weighted by atomic mass is 16.2. The van der Waals surface area contributed by atoms with Crippen molar-refractivity contribution in [3.8, 4) is 0 Å². The van der Waals surface area contributed by atoms with Gasteiger partial charge in [0, 0.05) is 64.0 Å². The molecule has 6 nitrogen and oxygen atoms in total. The molecule has 1 saturated heterocycles. The van der Waals surface area contributed by atoms with Crippen LogP contribution in [0.2, 0.25) is 0 Å². The predicted octanol–water partition coefficient (Wildman–Crippen LogP) is 2.05. The minimum atomic E-state index is 0.0726. The molecule has 154 valence electrons. The molecule has 6 heteroatoms. The quantitative estimate of drug-likeness (QED) is 0.751. The predicted molar refractivity (Wildman–Crippen MR) is 110 cm³/mol. The number of piperazine rings is 1. The molecule has 2 heterocycles. The van der Waals surface area contributed by atoms with Gasteiger partial charge >= 0.3 is 0 Å². The third-order valence-corrected chi connectivity index (χ3v) is 6.42. The molecule has 1 aromatic rings. The normalized spacial score (nSPS) is 23.4. The van der Waals surface area contributed by atoms with E-state index in [4.69, 9.17) is 0 Å². The van der Waals surface area contributed by atoms with Crippen molar-refractivity contribution in [2.45, 2.75) is 39.0 Å². The topological polar surface area (TPSA) is 56.8 Å². The maximum absolute atomic E-state index is 12.8. The van der Waals surface area contributed by atoms with Crippen LogP contribution < -0.4 is 0 Å². The summed E-state index contributed by atoms with van der Waals surface area (Å²) in [4.78, 5) is 35.9. The summed E-state index contributed by atoms with van der Waals surface area (Å²) in [5.41, 5.74) is 1.20. The van der Waals surface area contributed by atoms with Crippen molar-refractivity contribution in [1.29, 1.82) is 0 Å². The molecule has 0 aromatic carbocycles. The van der Waals surface area contributed by atoms with Crippen molar-refractivity contribution in [2.75, 3.05) is 46.3 Å². The lowest BCUT2D eigenvalue weighted by atomic mass is 9.80. The molecular formula is C22H34N4O2. The lowest BCUT2D eigenvalue weighted by Crippen LogP contribution is -2.50. The minimum Gasteiger partial charge on any atom is -0.345 e. The highest BCUT2D eigenvalue weighted by Gasteiger charge is 2.33. The molecule has 0 radical (unpaired) electrons. The maximum atomic E-state index is 12.8. The van der Waals surface area contributed by atoms with Gasteiger partial charge in [-0.15, -0.1) is 0 Å². The Labute approximate surface area is 168 Å². The number of rotatable bonds is 6. The Morgan fingerprint density at radius 3 is 2.25 bits per heavy atom. The van der Waals surface area contributed by atoms with Crippen molar-refractivity contribution in [1.82, 2.24) is 19.7 Å². The molecule has 28 heavy (non-hydrogen) atoms. The third-order valence-electron chi connectivity index (χ3n) is 6.42. The molecule has 1 saturated carbocycles. The second-order valence-corrected chi connectivity index (χ2v) is 8.17. The number of amides is 2. The van der Waals surface area contributed by atoms with Crippen molar-refractivity contribution in [3.05, 3.63) is 30.1 Å². The van der Waals surface area contributed by atoms with E-state index in [2.05, 4.69) is 16.8 Å². The van der Waals surface area contributed by atoms with Crippen molar-refractivity contribution >= 4 is 11.8 Å². The van der Waals surface area contributed by atoms with Gasteiger partial charge in [-0.05, 0) is 56.3 Å². The third kappa shape index (κ3) is 5.31. The van der Waals surface area contributed by atoms with Crippen LogP contribution in [-0.4, -0.2) is 77.8 Å². The molecule has 0 N–H and O–H groups in total. The largest absolute Gasteiger partial charge is 0.345 e. The van der Waals surface area contributed by atoms with Gasteiger partial charge in [0.05, 0.1) is 0 Å². The molecule has 3 rings (SSSR count). The number of carbonyl (C=O) groups excluding carboxylic acids is 2. The van der Waals surface area contributed by atoms with Gasteiger partial charge in [0.1, 0.15) is 0 Å². The number of carbonyl (C=O) groups is 2. The molecule has 0 atom stereocenters. The van der Waals surface area contributed by atoms with Crippen LogP contribution in [0.15, 0.2) is 24.5 Å². The van der Waals surface area contributed by atoms with E-state index in [0.29, 0.717) is 5.91 Å². The van der Waals surface area contributed by atoms with Crippen LogP contribution in [0.25, 0.3) is 0 Å². The summed E-state index contributed by atoms with van der Waals surface area (Å²) in [5.74, 6) is 0.729. The molecule has 0 bridgehead atoms. The summed E-state index contributed by atoms with van der Waals surface area (Å²) in [6.45, 7) is 7.63. The highest BCUT2D eigenvalue weighted by Crippen LogP contribution is 2.31. The number of aromatic nitrogens is 1. The Morgan fingerprint density at radius 1 is 1.04 bits per heavy atom. The molecule has 1 aromatic heterocycles. The summed E-state index contributed by atoms with van der Waals surface area (Å²) < 4.78 is 0. The first-order valence-electron chi connectivity index (χ1n) is 10.7. The lowest BCUT2D eigenvalue weighted by Gasteiger charge is -2.37. The van der Waals surface area contributed by atoms with Crippen LogP contribution in [0.3, 0.4) is 0 Å². The van der Waals surface area contributed by atoms with Gasteiger partial charge in [-0.25, -0.2) is 0 Å². The van der Waals surface area contributed by atoms with Gasteiger partial charge in [0.15, 0.2) is 0 Å². The highest BCUT2D eigenvalue weighted by molar-refractivity contribution is 5.81. The Balaban J connectivity index is 1.41. The van der Waals surface area contributed by atoms with Gasteiger partial charge in [-0.2, -0.15) is 0 Å². The van der Waals surface area contributed by atoms with Crippen LogP contribution in [0.1, 0.15) is 38.2 Å². The average Bonchev–Trinajstić information content (AvgIpc) is 2.77. The molecule has 1 aliphatic heterocycles. The second-order valence-electron chi connectivity index (χ2n) is 8.17. The van der Waals surface area contributed by atoms with Gasteiger partial charge in [0.25, 0.3) is 0 Å². The van der Waals surface area contributed by atoms with Gasteiger partial charge in [-0.1, -0.05) is 6.92 Å².